The van der Waals surface area contributed by atoms with Crippen LogP contribution < -0.4 is 11.4 Å². The second-order valence-corrected chi connectivity index (χ2v) is 3.12. The van der Waals surface area contributed by atoms with Gasteiger partial charge in [0.15, 0.2) is 0 Å². The Hall–Kier alpha value is -1.36. The minimum Gasteiger partial charge on any atom is -0.383 e. The molecule has 14 heavy (non-hydrogen) atoms. The first kappa shape index (κ1) is 10.7. The first-order valence-electron chi connectivity index (χ1n) is 4.58. The molecule has 1 aromatic heterocycles. The number of nitrogens with two attached hydrogens (primary N) is 1. The van der Waals surface area contributed by atoms with Crippen LogP contribution in [0.15, 0.2) is 17.1 Å². The van der Waals surface area contributed by atoms with E-state index in [0.29, 0.717) is 0 Å². The van der Waals surface area contributed by atoms with Crippen LogP contribution in [0.1, 0.15) is 20.3 Å². The molecule has 0 spiro atoms. The number of hydrogen-bond acceptors (Lipinski definition) is 4. The van der Waals surface area contributed by atoms with Crippen LogP contribution in [0, 0.1) is 0 Å². The lowest BCUT2D eigenvalue weighted by Gasteiger charge is -2.11. The Morgan fingerprint density at radius 3 is 3.00 bits per heavy atom. The van der Waals surface area contributed by atoms with Gasteiger partial charge in [0.1, 0.15) is 12.5 Å². The predicted molar refractivity (Wildman–Crippen MR) is 53.7 cm³/mol. The third kappa shape index (κ3) is 2.85. The van der Waals surface area contributed by atoms with Crippen LogP contribution in [0.5, 0.6) is 0 Å². The van der Waals surface area contributed by atoms with Gasteiger partial charge in [-0.2, -0.15) is 4.98 Å². The fourth-order valence-corrected chi connectivity index (χ4v) is 0.866. The maximum atomic E-state index is 11.2. The Balaban J connectivity index is 2.64. The van der Waals surface area contributed by atoms with Crippen molar-refractivity contribution in [1.29, 1.82) is 0 Å². The van der Waals surface area contributed by atoms with E-state index in [0.717, 1.165) is 6.42 Å². The fourth-order valence-electron chi connectivity index (χ4n) is 0.866. The van der Waals surface area contributed by atoms with Gasteiger partial charge in [0, 0.05) is 6.20 Å². The Labute approximate surface area is 82.5 Å². The van der Waals surface area contributed by atoms with Crippen LogP contribution in [0.4, 0.5) is 5.82 Å². The molecule has 1 unspecified atom stereocenters. The molecule has 5 nitrogen and oxygen atoms in total. The molecule has 1 heterocycles. The molecular weight excluding hydrogens is 182 g/mol. The summed E-state index contributed by atoms with van der Waals surface area (Å²) in [5.41, 5.74) is 4.96. The molecule has 0 bridgehead atoms. The Kier molecular flexibility index (Phi) is 3.64. The first-order valence-corrected chi connectivity index (χ1v) is 4.58. The number of aromatic nitrogens is 2. The van der Waals surface area contributed by atoms with Gasteiger partial charge in [-0.05, 0) is 19.4 Å². The Morgan fingerprint density at radius 1 is 1.71 bits per heavy atom. The van der Waals surface area contributed by atoms with Crippen molar-refractivity contribution in [1.82, 2.24) is 9.55 Å². The molecule has 0 aromatic carbocycles. The molecule has 0 aliphatic carbocycles. The SMILES string of the molecule is CCC(C)OCn1ccc(N)nc1=O. The Morgan fingerprint density at radius 2 is 2.43 bits per heavy atom. The van der Waals surface area contributed by atoms with Crippen molar-refractivity contribution >= 4 is 5.82 Å². The number of ether oxygens (including phenoxy) is 1. The van der Waals surface area contributed by atoms with Gasteiger partial charge in [-0.1, -0.05) is 6.92 Å². The third-order valence-corrected chi connectivity index (χ3v) is 1.97. The smallest absolute Gasteiger partial charge is 0.351 e. The minimum atomic E-state index is -0.381. The molecule has 2 N–H and O–H groups in total. The summed E-state index contributed by atoms with van der Waals surface area (Å²) in [5.74, 6) is 0.231. The van der Waals surface area contributed by atoms with Gasteiger partial charge < -0.3 is 10.5 Å². The van der Waals surface area contributed by atoms with Crippen LogP contribution in [0.25, 0.3) is 0 Å². The lowest BCUT2D eigenvalue weighted by atomic mass is 10.3. The van der Waals surface area contributed by atoms with Crippen molar-refractivity contribution in [3.8, 4) is 0 Å². The van der Waals surface area contributed by atoms with Crippen LogP contribution in [-0.4, -0.2) is 15.7 Å². The summed E-state index contributed by atoms with van der Waals surface area (Å²) in [7, 11) is 0. The van der Waals surface area contributed by atoms with E-state index in [-0.39, 0.29) is 24.3 Å². The molecule has 1 rings (SSSR count). The highest BCUT2D eigenvalue weighted by atomic mass is 16.5. The standard InChI is InChI=1S/C9H15N3O2/c1-3-7(2)14-6-12-5-4-8(10)11-9(12)13/h4-5,7H,3,6H2,1-2H3,(H2,10,11,13). The average Bonchev–Trinajstić information content (AvgIpc) is 2.16. The van der Waals surface area contributed by atoms with E-state index in [9.17, 15) is 4.79 Å². The highest BCUT2D eigenvalue weighted by molar-refractivity contribution is 5.23. The largest absolute Gasteiger partial charge is 0.383 e. The van der Waals surface area contributed by atoms with E-state index in [1.54, 1.807) is 12.3 Å². The zero-order valence-electron chi connectivity index (χ0n) is 8.43. The van der Waals surface area contributed by atoms with Crippen molar-refractivity contribution in [2.75, 3.05) is 5.73 Å². The van der Waals surface area contributed by atoms with Crippen molar-refractivity contribution in [2.24, 2.45) is 0 Å². The maximum Gasteiger partial charge on any atom is 0.351 e. The number of hydrogen-bond donors (Lipinski definition) is 1. The van der Waals surface area contributed by atoms with Gasteiger partial charge in [0.05, 0.1) is 6.10 Å². The van der Waals surface area contributed by atoms with Crippen LogP contribution >= 0.6 is 0 Å². The molecule has 1 atom stereocenters. The molecule has 0 radical (unpaired) electrons. The van der Waals surface area contributed by atoms with Gasteiger partial charge in [-0.3, -0.25) is 4.57 Å². The highest BCUT2D eigenvalue weighted by Gasteiger charge is 2.01. The highest BCUT2D eigenvalue weighted by Crippen LogP contribution is 1.97. The van der Waals surface area contributed by atoms with Crippen molar-refractivity contribution in [2.45, 2.75) is 33.1 Å². The fraction of sp³-hybridized carbons (Fsp3) is 0.556. The zero-order chi connectivity index (χ0) is 10.6. The topological polar surface area (TPSA) is 70.1 Å². The summed E-state index contributed by atoms with van der Waals surface area (Å²) in [4.78, 5) is 14.8. The molecule has 0 aliphatic heterocycles. The van der Waals surface area contributed by atoms with Crippen molar-refractivity contribution < 1.29 is 4.74 Å². The van der Waals surface area contributed by atoms with Gasteiger partial charge in [0.2, 0.25) is 0 Å². The molecule has 0 aliphatic rings. The van der Waals surface area contributed by atoms with E-state index >= 15 is 0 Å². The van der Waals surface area contributed by atoms with E-state index in [1.807, 2.05) is 13.8 Å². The summed E-state index contributed by atoms with van der Waals surface area (Å²) >= 11 is 0. The summed E-state index contributed by atoms with van der Waals surface area (Å²) in [6.45, 7) is 4.20. The third-order valence-electron chi connectivity index (χ3n) is 1.97. The molecule has 1 aromatic rings. The molecule has 78 valence electrons. The van der Waals surface area contributed by atoms with Crippen LogP contribution in [-0.2, 0) is 11.5 Å². The zero-order valence-corrected chi connectivity index (χ0v) is 8.43. The summed E-state index contributed by atoms with van der Waals surface area (Å²) < 4.78 is 6.76. The van der Waals surface area contributed by atoms with Gasteiger partial charge >= 0.3 is 5.69 Å². The molecule has 0 amide bonds. The average molecular weight is 197 g/mol. The summed E-state index contributed by atoms with van der Waals surface area (Å²) in [6, 6.07) is 1.57. The lowest BCUT2D eigenvalue weighted by molar-refractivity contribution is 0.0137. The van der Waals surface area contributed by atoms with E-state index in [2.05, 4.69) is 4.98 Å². The molecule has 5 heteroatoms. The van der Waals surface area contributed by atoms with Gasteiger partial charge in [-0.15, -0.1) is 0 Å². The minimum absolute atomic E-state index is 0.138. The second kappa shape index (κ2) is 4.76. The lowest BCUT2D eigenvalue weighted by Crippen LogP contribution is -2.25. The first-order chi connectivity index (χ1) is 6.63. The second-order valence-electron chi connectivity index (χ2n) is 3.12. The van der Waals surface area contributed by atoms with Gasteiger partial charge in [0.25, 0.3) is 0 Å². The van der Waals surface area contributed by atoms with Crippen LogP contribution in [0.2, 0.25) is 0 Å². The quantitative estimate of drug-likeness (QED) is 0.767. The number of anilines is 1. The summed E-state index contributed by atoms with van der Waals surface area (Å²) in [5, 5.41) is 0. The maximum absolute atomic E-state index is 11.2. The molecule has 0 fully saturated rings. The number of nitrogen functional groups attached to an aromatic ring is 1. The van der Waals surface area contributed by atoms with Crippen molar-refractivity contribution in [3.05, 3.63) is 22.7 Å². The predicted octanol–water partition coefficient (Wildman–Crippen LogP) is 0.598. The number of rotatable bonds is 4. The van der Waals surface area contributed by atoms with E-state index in [4.69, 9.17) is 10.5 Å². The Bertz CT molecular complexity index is 348. The normalized spacial score (nSPS) is 12.7. The van der Waals surface area contributed by atoms with E-state index < -0.39 is 0 Å². The van der Waals surface area contributed by atoms with Crippen molar-refractivity contribution in [3.63, 3.8) is 0 Å². The molecular formula is C9H15N3O2. The van der Waals surface area contributed by atoms with Gasteiger partial charge in [-0.25, -0.2) is 4.79 Å². The summed E-state index contributed by atoms with van der Waals surface area (Å²) in [6.07, 6.45) is 2.63. The monoisotopic (exact) mass is 197 g/mol. The van der Waals surface area contributed by atoms with Crippen LogP contribution in [0.3, 0.4) is 0 Å². The number of nitrogens with zero attached hydrogens (tertiary/aromatic N) is 2. The molecule has 0 saturated carbocycles. The molecule has 0 saturated heterocycles. The van der Waals surface area contributed by atoms with E-state index in [1.165, 1.54) is 4.57 Å².